The van der Waals surface area contributed by atoms with E-state index in [0.717, 1.165) is 35.8 Å². The number of hydrogen-bond acceptors (Lipinski definition) is 4. The lowest BCUT2D eigenvalue weighted by Crippen LogP contribution is -2.39. The highest BCUT2D eigenvalue weighted by atomic mass is 127. The van der Waals surface area contributed by atoms with Crippen molar-refractivity contribution in [2.24, 2.45) is 22.0 Å². The summed E-state index contributed by atoms with van der Waals surface area (Å²) in [6.45, 7) is 7.12. The summed E-state index contributed by atoms with van der Waals surface area (Å²) >= 11 is 1.19. The summed E-state index contributed by atoms with van der Waals surface area (Å²) in [5.74, 6) is 2.32. The van der Waals surface area contributed by atoms with Crippen molar-refractivity contribution < 1.29 is 8.42 Å². The lowest BCUT2D eigenvalue weighted by Gasteiger charge is -2.21. The molecule has 24 heavy (non-hydrogen) atoms. The first-order valence-electron chi connectivity index (χ1n) is 7.86. The first-order chi connectivity index (χ1) is 10.8. The van der Waals surface area contributed by atoms with Crippen LogP contribution in [0.15, 0.2) is 21.3 Å². The molecule has 1 aliphatic heterocycles. The van der Waals surface area contributed by atoms with Crippen LogP contribution in [0.3, 0.4) is 0 Å². The molecule has 2 heterocycles. The molecule has 1 unspecified atom stereocenters. The molecule has 1 fully saturated rings. The molecule has 0 bridgehead atoms. The molecular weight excluding hydrogens is 459 g/mol. The van der Waals surface area contributed by atoms with Crippen molar-refractivity contribution in [3.05, 3.63) is 17.0 Å². The van der Waals surface area contributed by atoms with Crippen molar-refractivity contribution in [1.82, 2.24) is 10.2 Å². The van der Waals surface area contributed by atoms with Crippen molar-refractivity contribution in [1.29, 1.82) is 0 Å². The third kappa shape index (κ3) is 6.16. The largest absolute Gasteiger partial charge is 0.351 e. The summed E-state index contributed by atoms with van der Waals surface area (Å²) in [5.41, 5.74) is 0. The fraction of sp³-hybridized carbons (Fsp3) is 0.667. The van der Waals surface area contributed by atoms with Gasteiger partial charge in [0.1, 0.15) is 4.21 Å². The number of hydrogen-bond donors (Lipinski definition) is 2. The average molecular weight is 486 g/mol. The summed E-state index contributed by atoms with van der Waals surface area (Å²) < 4.78 is 22.8. The van der Waals surface area contributed by atoms with Crippen LogP contribution in [0.4, 0.5) is 0 Å². The van der Waals surface area contributed by atoms with E-state index in [1.165, 1.54) is 24.2 Å². The van der Waals surface area contributed by atoms with E-state index < -0.39 is 10.0 Å². The van der Waals surface area contributed by atoms with Crippen molar-refractivity contribution in [2.75, 3.05) is 20.1 Å². The predicted molar refractivity (Wildman–Crippen MR) is 110 cm³/mol. The molecule has 1 aromatic rings. The minimum atomic E-state index is -3.61. The molecule has 0 aromatic carbocycles. The van der Waals surface area contributed by atoms with Gasteiger partial charge >= 0.3 is 0 Å². The summed E-state index contributed by atoms with van der Waals surface area (Å²) in [5, 5.41) is 8.45. The van der Waals surface area contributed by atoms with Crippen molar-refractivity contribution >= 4 is 51.3 Å². The van der Waals surface area contributed by atoms with Gasteiger partial charge in [-0.3, -0.25) is 4.99 Å². The number of halogens is 1. The zero-order valence-corrected chi connectivity index (χ0v) is 18.3. The van der Waals surface area contributed by atoms with Crippen molar-refractivity contribution in [3.8, 4) is 0 Å². The molecule has 1 saturated heterocycles. The van der Waals surface area contributed by atoms with E-state index >= 15 is 0 Å². The van der Waals surface area contributed by atoms with Crippen LogP contribution in [0.2, 0.25) is 0 Å². The minimum Gasteiger partial charge on any atom is -0.351 e. The molecule has 3 N–H and O–H groups in total. The zero-order valence-electron chi connectivity index (χ0n) is 14.4. The fourth-order valence-electron chi connectivity index (χ4n) is 2.99. The van der Waals surface area contributed by atoms with E-state index in [4.69, 9.17) is 5.14 Å². The first-order valence-corrected chi connectivity index (χ1v) is 10.2. The topological polar surface area (TPSA) is 87.8 Å². The number of nitrogens with two attached hydrogens (primary N) is 1. The number of primary sulfonamides is 1. The van der Waals surface area contributed by atoms with Crippen LogP contribution in [-0.4, -0.2) is 39.4 Å². The number of rotatable bonds is 5. The Labute approximate surface area is 166 Å². The van der Waals surface area contributed by atoms with Gasteiger partial charge in [-0.15, -0.1) is 35.3 Å². The molecule has 9 heteroatoms. The highest BCUT2D eigenvalue weighted by Gasteiger charge is 2.25. The Morgan fingerprint density at radius 3 is 2.75 bits per heavy atom. The zero-order chi connectivity index (χ0) is 17.0. The Morgan fingerprint density at radius 2 is 2.21 bits per heavy atom. The van der Waals surface area contributed by atoms with Crippen LogP contribution >= 0.6 is 35.3 Å². The second-order valence-electron chi connectivity index (χ2n) is 6.40. The van der Waals surface area contributed by atoms with Gasteiger partial charge in [0.2, 0.25) is 10.0 Å². The van der Waals surface area contributed by atoms with Gasteiger partial charge in [-0.05, 0) is 36.8 Å². The first kappa shape index (κ1) is 21.7. The van der Waals surface area contributed by atoms with E-state index in [9.17, 15) is 8.42 Å². The van der Waals surface area contributed by atoms with E-state index in [1.807, 2.05) is 0 Å². The number of nitrogens with one attached hydrogen (secondary N) is 1. The molecule has 0 amide bonds. The molecule has 1 aliphatic rings. The van der Waals surface area contributed by atoms with Gasteiger partial charge < -0.3 is 10.2 Å². The standard InChI is InChI=1S/C15H26N4O2S2.HI/c1-11(2)8-12-6-7-19(10-12)15(17-3)18-9-13-4-5-14(22-13)23(16,20)21;/h4-5,11-12H,6-10H2,1-3H3,(H,17,18)(H2,16,20,21);1H. The SMILES string of the molecule is CN=C(NCc1ccc(S(N)(=O)=O)s1)N1CCC(CC(C)C)C1.I. The molecule has 138 valence electrons. The Kier molecular flexibility index (Phi) is 8.43. The molecule has 6 nitrogen and oxygen atoms in total. The van der Waals surface area contributed by atoms with E-state index in [0.29, 0.717) is 6.54 Å². The number of thiophene rings is 1. The maximum Gasteiger partial charge on any atom is 0.247 e. The van der Waals surface area contributed by atoms with Gasteiger partial charge in [-0.1, -0.05) is 13.8 Å². The Balaban J connectivity index is 0.00000288. The Morgan fingerprint density at radius 1 is 1.50 bits per heavy atom. The van der Waals surface area contributed by atoms with Crippen LogP contribution in [0, 0.1) is 11.8 Å². The summed E-state index contributed by atoms with van der Waals surface area (Å²) in [6.07, 6.45) is 2.45. The molecule has 1 atom stereocenters. The highest BCUT2D eigenvalue weighted by molar-refractivity contribution is 14.0. The maximum absolute atomic E-state index is 11.3. The van der Waals surface area contributed by atoms with Gasteiger partial charge in [-0.2, -0.15) is 0 Å². The van der Waals surface area contributed by atoms with Crippen LogP contribution in [0.25, 0.3) is 0 Å². The Bertz CT molecular complexity index is 658. The van der Waals surface area contributed by atoms with Gasteiger partial charge in [0.15, 0.2) is 5.96 Å². The van der Waals surface area contributed by atoms with Crippen LogP contribution in [-0.2, 0) is 16.6 Å². The second-order valence-corrected chi connectivity index (χ2v) is 9.35. The smallest absolute Gasteiger partial charge is 0.247 e. The van der Waals surface area contributed by atoms with Crippen molar-refractivity contribution in [2.45, 2.75) is 37.4 Å². The molecule has 0 spiro atoms. The third-order valence-corrected chi connectivity index (χ3v) is 6.46. The van der Waals surface area contributed by atoms with E-state index in [2.05, 4.69) is 29.1 Å². The van der Waals surface area contributed by atoms with Gasteiger partial charge in [0.25, 0.3) is 0 Å². The normalized spacial score (nSPS) is 18.8. The Hall–Kier alpha value is -0.390. The molecule has 2 rings (SSSR count). The molecule has 0 radical (unpaired) electrons. The molecular formula is C15H27IN4O2S2. The van der Waals surface area contributed by atoms with Crippen LogP contribution in [0.1, 0.15) is 31.6 Å². The third-order valence-electron chi connectivity index (χ3n) is 3.94. The van der Waals surface area contributed by atoms with Gasteiger partial charge in [-0.25, -0.2) is 13.6 Å². The number of aliphatic imine (C=N–C) groups is 1. The highest BCUT2D eigenvalue weighted by Crippen LogP contribution is 2.24. The number of likely N-dealkylation sites (tertiary alicyclic amines) is 1. The predicted octanol–water partition coefficient (Wildman–Crippen LogP) is 2.46. The van der Waals surface area contributed by atoms with Gasteiger partial charge in [0.05, 0.1) is 6.54 Å². The average Bonchev–Trinajstić information content (AvgIpc) is 3.08. The van der Waals surface area contributed by atoms with Crippen LogP contribution in [0.5, 0.6) is 0 Å². The maximum atomic E-state index is 11.3. The molecule has 0 aliphatic carbocycles. The van der Waals surface area contributed by atoms with E-state index in [-0.39, 0.29) is 28.2 Å². The monoisotopic (exact) mass is 486 g/mol. The number of sulfonamides is 1. The van der Waals surface area contributed by atoms with Gasteiger partial charge in [0, 0.05) is 25.0 Å². The van der Waals surface area contributed by atoms with Crippen LogP contribution < -0.4 is 10.5 Å². The quantitative estimate of drug-likeness (QED) is 0.380. The molecule has 0 saturated carbocycles. The lowest BCUT2D eigenvalue weighted by molar-refractivity contribution is 0.403. The molecule has 1 aromatic heterocycles. The minimum absolute atomic E-state index is 0. The summed E-state index contributed by atoms with van der Waals surface area (Å²) in [6, 6.07) is 3.34. The number of nitrogens with zero attached hydrogens (tertiary/aromatic N) is 2. The number of guanidine groups is 1. The van der Waals surface area contributed by atoms with E-state index in [1.54, 1.807) is 19.2 Å². The lowest BCUT2D eigenvalue weighted by atomic mass is 9.97. The fourth-order valence-corrected chi connectivity index (χ4v) is 4.71. The summed E-state index contributed by atoms with van der Waals surface area (Å²) in [4.78, 5) is 7.55. The van der Waals surface area contributed by atoms with Crippen molar-refractivity contribution in [3.63, 3.8) is 0 Å². The second kappa shape index (κ2) is 9.35. The summed E-state index contributed by atoms with van der Waals surface area (Å²) in [7, 11) is -1.83.